The van der Waals surface area contributed by atoms with E-state index in [-0.39, 0.29) is 0 Å². The van der Waals surface area contributed by atoms with Crippen LogP contribution in [0.25, 0.3) is 0 Å². The lowest BCUT2D eigenvalue weighted by Gasteiger charge is -2.05. The molecule has 2 rings (SSSR count). The zero-order chi connectivity index (χ0) is 14.0. The van der Waals surface area contributed by atoms with Crippen LogP contribution in [0.2, 0.25) is 0 Å². The van der Waals surface area contributed by atoms with Crippen LogP contribution < -0.4 is 5.32 Å². The van der Waals surface area contributed by atoms with Gasteiger partial charge in [-0.1, -0.05) is 13.8 Å². The van der Waals surface area contributed by atoms with E-state index in [2.05, 4.69) is 55.9 Å². The van der Waals surface area contributed by atoms with Gasteiger partial charge in [0.05, 0.1) is 34.4 Å². The highest BCUT2D eigenvalue weighted by Crippen LogP contribution is 2.21. The fourth-order valence-corrected chi connectivity index (χ4v) is 2.38. The molecule has 0 atom stereocenters. The van der Waals surface area contributed by atoms with Gasteiger partial charge in [0, 0.05) is 25.8 Å². The average molecular weight is 326 g/mol. The highest BCUT2D eigenvalue weighted by molar-refractivity contribution is 9.10. The van der Waals surface area contributed by atoms with Gasteiger partial charge >= 0.3 is 0 Å². The average Bonchev–Trinajstić information content (AvgIpc) is 2.88. The number of aryl methyl sites for hydroxylation is 2. The monoisotopic (exact) mass is 325 g/mol. The summed E-state index contributed by atoms with van der Waals surface area (Å²) in [7, 11) is 1.96. The van der Waals surface area contributed by atoms with Crippen molar-refractivity contribution in [1.82, 2.24) is 24.6 Å². The quantitative estimate of drug-likeness (QED) is 0.917. The Labute approximate surface area is 122 Å². The topological polar surface area (TPSA) is 47.7 Å². The van der Waals surface area contributed by atoms with Crippen molar-refractivity contribution >= 4 is 15.9 Å². The van der Waals surface area contributed by atoms with Crippen molar-refractivity contribution in [2.45, 2.75) is 39.9 Å². The third-order valence-electron chi connectivity index (χ3n) is 2.97. The maximum absolute atomic E-state index is 4.41. The van der Waals surface area contributed by atoms with Crippen LogP contribution in [0.5, 0.6) is 0 Å². The number of rotatable bonds is 5. The molecule has 0 aromatic carbocycles. The van der Waals surface area contributed by atoms with E-state index in [1.165, 1.54) is 0 Å². The normalized spacial score (nSPS) is 11.5. The van der Waals surface area contributed by atoms with Crippen LogP contribution in [-0.2, 0) is 20.1 Å². The molecule has 2 heterocycles. The number of hydrogen-bond acceptors (Lipinski definition) is 3. The van der Waals surface area contributed by atoms with Crippen LogP contribution in [0.15, 0.2) is 17.0 Å². The summed E-state index contributed by atoms with van der Waals surface area (Å²) in [4.78, 5) is 4.41. The lowest BCUT2D eigenvalue weighted by atomic mass is 10.3. The maximum atomic E-state index is 4.41. The molecule has 0 aliphatic heterocycles. The predicted molar refractivity (Wildman–Crippen MR) is 78.9 cm³/mol. The van der Waals surface area contributed by atoms with Crippen molar-refractivity contribution in [2.75, 3.05) is 0 Å². The highest BCUT2D eigenvalue weighted by Gasteiger charge is 2.11. The van der Waals surface area contributed by atoms with Crippen molar-refractivity contribution in [2.24, 2.45) is 7.05 Å². The van der Waals surface area contributed by atoms with E-state index in [4.69, 9.17) is 0 Å². The molecule has 0 radical (unpaired) electrons. The number of imidazole rings is 1. The van der Waals surface area contributed by atoms with Gasteiger partial charge in [0.1, 0.15) is 0 Å². The van der Waals surface area contributed by atoms with Gasteiger partial charge in [-0.15, -0.1) is 0 Å². The van der Waals surface area contributed by atoms with Gasteiger partial charge in [0.25, 0.3) is 0 Å². The Morgan fingerprint density at radius 3 is 2.74 bits per heavy atom. The first kappa shape index (κ1) is 14.3. The second-order valence-electron chi connectivity index (χ2n) is 5.04. The molecule has 0 bridgehead atoms. The third kappa shape index (κ3) is 3.45. The van der Waals surface area contributed by atoms with Crippen molar-refractivity contribution in [3.05, 3.63) is 34.1 Å². The van der Waals surface area contributed by atoms with E-state index in [0.29, 0.717) is 6.04 Å². The van der Waals surface area contributed by atoms with Crippen molar-refractivity contribution < 1.29 is 0 Å². The van der Waals surface area contributed by atoms with Gasteiger partial charge in [0.15, 0.2) is 0 Å². The third-order valence-corrected chi connectivity index (χ3v) is 4.00. The van der Waals surface area contributed by atoms with Crippen LogP contribution in [0.4, 0.5) is 0 Å². The van der Waals surface area contributed by atoms with Crippen LogP contribution in [0, 0.1) is 6.92 Å². The van der Waals surface area contributed by atoms with Gasteiger partial charge in [-0.3, -0.25) is 4.68 Å². The van der Waals surface area contributed by atoms with Gasteiger partial charge in [-0.2, -0.15) is 5.10 Å². The predicted octanol–water partition coefficient (Wildman–Crippen LogP) is 2.23. The van der Waals surface area contributed by atoms with E-state index >= 15 is 0 Å². The second-order valence-corrected chi connectivity index (χ2v) is 5.84. The van der Waals surface area contributed by atoms with E-state index in [9.17, 15) is 0 Å². The Morgan fingerprint density at radius 1 is 1.42 bits per heavy atom. The maximum Gasteiger partial charge on any atom is 0.0953 e. The first-order valence-electron chi connectivity index (χ1n) is 6.39. The summed E-state index contributed by atoms with van der Waals surface area (Å²) in [6.07, 6.45) is 3.94. The van der Waals surface area contributed by atoms with Crippen LogP contribution in [-0.4, -0.2) is 25.4 Å². The molecule has 0 aliphatic carbocycles. The summed E-state index contributed by atoms with van der Waals surface area (Å²) in [6.45, 7) is 7.83. The number of aromatic nitrogens is 4. The molecule has 19 heavy (non-hydrogen) atoms. The van der Waals surface area contributed by atoms with E-state index < -0.39 is 0 Å². The molecule has 2 aromatic rings. The highest BCUT2D eigenvalue weighted by atomic mass is 79.9. The summed E-state index contributed by atoms with van der Waals surface area (Å²) >= 11 is 3.59. The molecule has 0 fully saturated rings. The smallest absolute Gasteiger partial charge is 0.0953 e. The van der Waals surface area contributed by atoms with Crippen LogP contribution in [0.1, 0.15) is 30.9 Å². The number of hydrogen-bond donors (Lipinski definition) is 1. The molecular formula is C13H20BrN5. The molecule has 0 spiro atoms. The number of nitrogens with one attached hydrogen (secondary N) is 1. The van der Waals surface area contributed by atoms with Crippen molar-refractivity contribution in [1.29, 1.82) is 0 Å². The van der Waals surface area contributed by atoms with Gasteiger partial charge < -0.3 is 9.88 Å². The molecule has 0 amide bonds. The van der Waals surface area contributed by atoms with Gasteiger partial charge in [0.2, 0.25) is 0 Å². The Morgan fingerprint density at radius 2 is 2.16 bits per heavy atom. The fourth-order valence-electron chi connectivity index (χ4n) is 1.92. The minimum Gasteiger partial charge on any atom is -0.331 e. The zero-order valence-corrected chi connectivity index (χ0v) is 13.4. The molecule has 6 heteroatoms. The molecule has 0 saturated carbocycles. The first-order valence-corrected chi connectivity index (χ1v) is 7.18. The largest absolute Gasteiger partial charge is 0.331 e. The SMILES string of the molecule is Cc1nn(C)c(Cn2cnc(CNC(C)C)c2)c1Br. The molecule has 1 N–H and O–H groups in total. The molecule has 2 aromatic heterocycles. The van der Waals surface area contributed by atoms with E-state index in [1.54, 1.807) is 0 Å². The first-order chi connectivity index (χ1) is 8.97. The lowest BCUT2D eigenvalue weighted by molar-refractivity contribution is 0.582. The summed E-state index contributed by atoms with van der Waals surface area (Å²) < 4.78 is 5.06. The fraction of sp³-hybridized carbons (Fsp3) is 0.538. The summed E-state index contributed by atoms with van der Waals surface area (Å²) in [5, 5.41) is 7.76. The number of nitrogens with zero attached hydrogens (tertiary/aromatic N) is 4. The van der Waals surface area contributed by atoms with Gasteiger partial charge in [-0.25, -0.2) is 4.98 Å². The van der Waals surface area contributed by atoms with E-state index in [1.807, 2.05) is 25.0 Å². The molecule has 5 nitrogen and oxygen atoms in total. The standard InChI is InChI=1S/C13H20BrN5/c1-9(2)15-5-11-6-19(8-16-11)7-12-13(14)10(3)17-18(12)4/h6,8-9,15H,5,7H2,1-4H3. The molecule has 0 unspecified atom stereocenters. The molecule has 0 aliphatic rings. The van der Waals surface area contributed by atoms with Crippen molar-refractivity contribution in [3.63, 3.8) is 0 Å². The zero-order valence-electron chi connectivity index (χ0n) is 11.8. The lowest BCUT2D eigenvalue weighted by Crippen LogP contribution is -2.21. The van der Waals surface area contributed by atoms with E-state index in [0.717, 1.165) is 34.6 Å². The summed E-state index contributed by atoms with van der Waals surface area (Å²) in [6, 6.07) is 0.471. The molecule has 104 valence electrons. The van der Waals surface area contributed by atoms with Crippen LogP contribution in [0.3, 0.4) is 0 Å². The Balaban J connectivity index is 2.07. The molecular weight excluding hydrogens is 306 g/mol. The minimum absolute atomic E-state index is 0.471. The van der Waals surface area contributed by atoms with Crippen LogP contribution >= 0.6 is 15.9 Å². The Hall–Kier alpha value is -1.14. The Kier molecular flexibility index (Phi) is 4.42. The number of halogens is 1. The Bertz CT molecular complexity index is 555. The summed E-state index contributed by atoms with van der Waals surface area (Å²) in [5.74, 6) is 0. The molecule has 0 saturated heterocycles. The minimum atomic E-state index is 0.471. The second kappa shape index (κ2) is 5.88. The van der Waals surface area contributed by atoms with Crippen molar-refractivity contribution in [3.8, 4) is 0 Å². The van der Waals surface area contributed by atoms with Gasteiger partial charge in [-0.05, 0) is 22.9 Å². The summed E-state index contributed by atoms with van der Waals surface area (Å²) in [5.41, 5.74) is 3.22.